The molecule has 162 valence electrons. The molecule has 0 spiro atoms. The number of hydrogen-bond acceptors (Lipinski definition) is 4. The fourth-order valence-corrected chi connectivity index (χ4v) is 3.76. The molecule has 0 aliphatic rings. The summed E-state index contributed by atoms with van der Waals surface area (Å²) >= 11 is 0. The van der Waals surface area contributed by atoms with Crippen LogP contribution in [-0.4, -0.2) is 34.6 Å². The van der Waals surface area contributed by atoms with Crippen LogP contribution >= 0.6 is 0 Å². The average molecular weight is 410 g/mol. The standard InChI is InChI=1S/C26H35NO3/c1-18(2)26(29)30-25-13-12-21(17-28)16-24(25)23(22-10-8-7-9-11-22)14-15-27(19(3)4)20(5)6/h8,10-13,16,18-20,23,28H,14-15,17H2,1-6H3/t23-/m1/s1. The van der Waals surface area contributed by atoms with Crippen molar-refractivity contribution in [2.45, 2.75) is 72.6 Å². The van der Waals surface area contributed by atoms with Gasteiger partial charge in [-0.1, -0.05) is 32.0 Å². The number of aliphatic hydroxyl groups is 1. The van der Waals surface area contributed by atoms with Crippen molar-refractivity contribution in [1.82, 2.24) is 4.90 Å². The molecule has 0 heterocycles. The number of ether oxygens (including phenoxy) is 1. The highest BCUT2D eigenvalue weighted by atomic mass is 16.5. The van der Waals surface area contributed by atoms with Crippen LogP contribution in [-0.2, 0) is 11.4 Å². The molecular weight excluding hydrogens is 374 g/mol. The molecule has 4 heteroatoms. The second-order valence-corrected chi connectivity index (χ2v) is 8.64. The van der Waals surface area contributed by atoms with Crippen LogP contribution in [0.5, 0.6) is 5.75 Å². The van der Waals surface area contributed by atoms with E-state index in [1.165, 1.54) is 0 Å². The summed E-state index contributed by atoms with van der Waals surface area (Å²) in [6, 6.07) is 18.3. The predicted molar refractivity (Wildman–Crippen MR) is 120 cm³/mol. The summed E-state index contributed by atoms with van der Waals surface area (Å²) in [5.41, 5.74) is 2.82. The Morgan fingerprint density at radius 3 is 2.30 bits per heavy atom. The molecule has 0 aliphatic heterocycles. The molecule has 30 heavy (non-hydrogen) atoms. The van der Waals surface area contributed by atoms with E-state index in [2.05, 4.69) is 44.7 Å². The van der Waals surface area contributed by atoms with Crippen LogP contribution in [0, 0.1) is 18.1 Å². The SMILES string of the molecule is CC(C)C(=O)Oc1ccc(CO)cc1[C@H](CCN(C(C)C)C(C)C)c1cc#ccc1. The van der Waals surface area contributed by atoms with Gasteiger partial charge in [0, 0.05) is 23.6 Å². The number of aliphatic hydroxyl groups excluding tert-OH is 1. The highest BCUT2D eigenvalue weighted by Gasteiger charge is 2.24. The molecule has 2 rings (SSSR count). The number of carbonyl (C=O) groups excluding carboxylic acids is 1. The van der Waals surface area contributed by atoms with Crippen LogP contribution in [0.1, 0.15) is 70.6 Å². The molecular formula is C26H35NO3. The van der Waals surface area contributed by atoms with Crippen LogP contribution in [0.4, 0.5) is 0 Å². The lowest BCUT2D eigenvalue weighted by Crippen LogP contribution is -2.38. The van der Waals surface area contributed by atoms with E-state index in [4.69, 9.17) is 4.74 Å². The largest absolute Gasteiger partial charge is 0.426 e. The van der Waals surface area contributed by atoms with Gasteiger partial charge < -0.3 is 9.84 Å². The molecule has 0 fully saturated rings. The third-order valence-electron chi connectivity index (χ3n) is 5.40. The van der Waals surface area contributed by atoms with Crippen molar-refractivity contribution in [2.75, 3.05) is 6.54 Å². The predicted octanol–water partition coefficient (Wildman–Crippen LogP) is 4.98. The Morgan fingerprint density at radius 2 is 1.77 bits per heavy atom. The second-order valence-electron chi connectivity index (χ2n) is 8.64. The molecule has 0 amide bonds. The Kier molecular flexibility index (Phi) is 8.89. The van der Waals surface area contributed by atoms with E-state index in [1.54, 1.807) is 6.07 Å². The summed E-state index contributed by atoms with van der Waals surface area (Å²) in [4.78, 5) is 14.8. The minimum absolute atomic E-state index is 0.0114. The van der Waals surface area contributed by atoms with Gasteiger partial charge in [-0.3, -0.25) is 9.69 Å². The molecule has 0 aromatic heterocycles. The smallest absolute Gasteiger partial charge is 0.313 e. The monoisotopic (exact) mass is 409 g/mol. The zero-order chi connectivity index (χ0) is 22.3. The molecule has 2 aromatic carbocycles. The zero-order valence-electron chi connectivity index (χ0n) is 19.1. The van der Waals surface area contributed by atoms with Crippen molar-refractivity contribution < 1.29 is 14.6 Å². The van der Waals surface area contributed by atoms with E-state index < -0.39 is 0 Å². The number of benzene rings is 1. The first kappa shape index (κ1) is 23.9. The van der Waals surface area contributed by atoms with Gasteiger partial charge in [0.15, 0.2) is 0 Å². The lowest BCUT2D eigenvalue weighted by Gasteiger charge is -2.32. The van der Waals surface area contributed by atoms with Crippen LogP contribution in [0.25, 0.3) is 0 Å². The van der Waals surface area contributed by atoms with Crippen LogP contribution in [0.3, 0.4) is 0 Å². The average Bonchev–Trinajstić information content (AvgIpc) is 2.71. The Hall–Kier alpha value is -2.35. The number of carbonyl (C=O) groups is 1. The van der Waals surface area contributed by atoms with Crippen molar-refractivity contribution in [1.29, 1.82) is 0 Å². The summed E-state index contributed by atoms with van der Waals surface area (Å²) in [6.45, 7) is 13.3. The van der Waals surface area contributed by atoms with Gasteiger partial charge in [0.2, 0.25) is 0 Å². The van der Waals surface area contributed by atoms with Gasteiger partial charge in [-0.2, -0.15) is 0 Å². The minimum Gasteiger partial charge on any atom is -0.426 e. The molecule has 0 saturated carbocycles. The zero-order valence-corrected chi connectivity index (χ0v) is 19.1. The molecule has 1 N–H and O–H groups in total. The maximum atomic E-state index is 12.3. The molecule has 2 aromatic rings. The van der Waals surface area contributed by atoms with E-state index in [0.29, 0.717) is 17.8 Å². The number of hydrogen-bond donors (Lipinski definition) is 1. The van der Waals surface area contributed by atoms with Crippen LogP contribution in [0.15, 0.2) is 36.4 Å². The maximum Gasteiger partial charge on any atom is 0.313 e. The normalized spacial score (nSPS) is 12.5. The van der Waals surface area contributed by atoms with Gasteiger partial charge in [0.25, 0.3) is 0 Å². The topological polar surface area (TPSA) is 49.8 Å². The number of esters is 1. The maximum absolute atomic E-state index is 12.3. The van der Waals surface area contributed by atoms with Crippen LogP contribution in [0.2, 0.25) is 0 Å². The van der Waals surface area contributed by atoms with E-state index in [-0.39, 0.29) is 24.4 Å². The summed E-state index contributed by atoms with van der Waals surface area (Å²) in [6.07, 6.45) is 0.856. The highest BCUT2D eigenvalue weighted by molar-refractivity contribution is 5.75. The Balaban J connectivity index is 2.48. The quantitative estimate of drug-likeness (QED) is 0.444. The van der Waals surface area contributed by atoms with E-state index in [9.17, 15) is 9.90 Å². The van der Waals surface area contributed by atoms with Gasteiger partial charge in [-0.25, -0.2) is 0 Å². The molecule has 0 radical (unpaired) electrons. The lowest BCUT2D eigenvalue weighted by molar-refractivity contribution is -0.137. The first-order valence-corrected chi connectivity index (χ1v) is 10.8. The molecule has 0 saturated heterocycles. The van der Waals surface area contributed by atoms with Gasteiger partial charge in [-0.05, 0) is 82.1 Å². The molecule has 0 aliphatic carbocycles. The van der Waals surface area contributed by atoms with Crippen molar-refractivity contribution in [3.05, 3.63) is 65.2 Å². The summed E-state index contributed by atoms with van der Waals surface area (Å²) < 4.78 is 5.76. The molecule has 0 bridgehead atoms. The molecule has 0 unspecified atom stereocenters. The summed E-state index contributed by atoms with van der Waals surface area (Å²) in [7, 11) is 0. The van der Waals surface area contributed by atoms with Gasteiger partial charge in [0.05, 0.1) is 12.5 Å². The van der Waals surface area contributed by atoms with Crippen LogP contribution < -0.4 is 4.74 Å². The molecule has 4 nitrogen and oxygen atoms in total. The fourth-order valence-electron chi connectivity index (χ4n) is 3.76. The van der Waals surface area contributed by atoms with Gasteiger partial charge >= 0.3 is 5.97 Å². The number of nitrogens with zero attached hydrogens (tertiary/aromatic N) is 1. The van der Waals surface area contributed by atoms with E-state index in [0.717, 1.165) is 29.7 Å². The van der Waals surface area contributed by atoms with Crippen molar-refractivity contribution >= 4 is 5.97 Å². The first-order chi connectivity index (χ1) is 14.2. The van der Waals surface area contributed by atoms with Crippen molar-refractivity contribution in [3.63, 3.8) is 0 Å². The number of rotatable bonds is 10. The first-order valence-electron chi connectivity index (χ1n) is 10.8. The van der Waals surface area contributed by atoms with Gasteiger partial charge in [-0.15, -0.1) is 0 Å². The lowest BCUT2D eigenvalue weighted by atomic mass is 9.87. The third-order valence-corrected chi connectivity index (χ3v) is 5.40. The summed E-state index contributed by atoms with van der Waals surface area (Å²) in [5, 5.41) is 9.71. The van der Waals surface area contributed by atoms with E-state index in [1.807, 2.05) is 44.2 Å². The Bertz CT molecular complexity index is 791. The summed E-state index contributed by atoms with van der Waals surface area (Å²) in [5.74, 6) is 0.0956. The molecule has 1 atom stereocenters. The Labute approximate surface area is 181 Å². The fraction of sp³-hybridized carbons (Fsp3) is 0.500. The van der Waals surface area contributed by atoms with Crippen molar-refractivity contribution in [2.24, 2.45) is 5.92 Å². The second kappa shape index (κ2) is 11.2. The highest BCUT2D eigenvalue weighted by Crippen LogP contribution is 2.36. The van der Waals surface area contributed by atoms with Crippen molar-refractivity contribution in [3.8, 4) is 5.75 Å². The van der Waals surface area contributed by atoms with Gasteiger partial charge in [0.1, 0.15) is 5.75 Å². The Morgan fingerprint density at radius 1 is 1.07 bits per heavy atom. The third kappa shape index (κ3) is 6.32. The van der Waals surface area contributed by atoms with E-state index >= 15 is 0 Å². The minimum atomic E-state index is -0.259.